The van der Waals surface area contributed by atoms with E-state index in [0.29, 0.717) is 36.0 Å². The Balaban J connectivity index is 2.00. The highest BCUT2D eigenvalue weighted by molar-refractivity contribution is 7.09. The zero-order valence-electron chi connectivity index (χ0n) is 11.6. The molecule has 21 heavy (non-hydrogen) atoms. The van der Waals surface area contributed by atoms with Crippen LogP contribution in [0.2, 0.25) is 5.02 Å². The lowest BCUT2D eigenvalue weighted by Crippen LogP contribution is -2.23. The third-order valence-electron chi connectivity index (χ3n) is 2.83. The van der Waals surface area contributed by atoms with Gasteiger partial charge < -0.3 is 15.8 Å². The maximum Gasteiger partial charge on any atom is 0.271 e. The van der Waals surface area contributed by atoms with Crippen molar-refractivity contribution in [2.75, 3.05) is 13.7 Å². The van der Waals surface area contributed by atoms with Gasteiger partial charge in [0.15, 0.2) is 0 Å². The lowest BCUT2D eigenvalue weighted by Gasteiger charge is -2.09. The molecule has 1 aromatic heterocycles. The molecule has 0 spiro atoms. The van der Waals surface area contributed by atoms with Crippen LogP contribution in [0.1, 0.15) is 21.1 Å². The number of nitrogens with two attached hydrogens (primary N) is 1. The number of ether oxygens (including phenoxy) is 1. The van der Waals surface area contributed by atoms with Crippen LogP contribution in [0.3, 0.4) is 0 Å². The Morgan fingerprint density at radius 1 is 1.52 bits per heavy atom. The average Bonchev–Trinajstić information content (AvgIpc) is 2.94. The number of amides is 1. The van der Waals surface area contributed by atoms with Crippen molar-refractivity contribution in [3.63, 3.8) is 0 Å². The molecule has 2 rings (SSSR count). The van der Waals surface area contributed by atoms with Crippen molar-refractivity contribution in [1.82, 2.24) is 10.3 Å². The second kappa shape index (κ2) is 7.40. The molecule has 0 saturated carbocycles. The van der Waals surface area contributed by atoms with Gasteiger partial charge in [-0.1, -0.05) is 17.7 Å². The van der Waals surface area contributed by atoms with Gasteiger partial charge in [0.25, 0.3) is 5.91 Å². The van der Waals surface area contributed by atoms with Crippen LogP contribution in [0.4, 0.5) is 0 Å². The molecule has 7 heteroatoms. The first-order valence-corrected chi connectivity index (χ1v) is 7.65. The normalized spacial score (nSPS) is 10.4. The number of aromatic nitrogens is 1. The van der Waals surface area contributed by atoms with Crippen molar-refractivity contribution in [1.29, 1.82) is 0 Å². The van der Waals surface area contributed by atoms with E-state index < -0.39 is 0 Å². The van der Waals surface area contributed by atoms with E-state index in [1.54, 1.807) is 24.6 Å². The molecule has 0 atom stereocenters. The quantitative estimate of drug-likeness (QED) is 0.854. The lowest BCUT2D eigenvalue weighted by molar-refractivity contribution is 0.0946. The molecule has 0 aliphatic rings. The van der Waals surface area contributed by atoms with E-state index in [-0.39, 0.29) is 5.91 Å². The van der Waals surface area contributed by atoms with Crippen molar-refractivity contribution in [2.24, 2.45) is 5.73 Å². The minimum atomic E-state index is -0.216. The summed E-state index contributed by atoms with van der Waals surface area (Å²) in [5.74, 6) is 0.427. The molecule has 3 N–H and O–H groups in total. The standard InChI is InChI=1S/C14H16ClN3O2S/c1-20-12-6-10(15)3-2-9(12)7-17-14(19)11-8-21-13(18-11)4-5-16/h2-3,6,8H,4-5,7,16H2,1H3,(H,17,19). The van der Waals surface area contributed by atoms with Gasteiger partial charge in [-0.2, -0.15) is 0 Å². The van der Waals surface area contributed by atoms with Crippen LogP contribution in [-0.4, -0.2) is 24.5 Å². The van der Waals surface area contributed by atoms with Crippen LogP contribution in [0.25, 0.3) is 0 Å². The molecule has 1 amide bonds. The maximum absolute atomic E-state index is 12.0. The molecule has 112 valence electrons. The Labute approximate surface area is 132 Å². The Hall–Kier alpha value is -1.63. The molecule has 0 unspecified atom stereocenters. The summed E-state index contributed by atoms with van der Waals surface area (Å²) in [5, 5.41) is 6.01. The van der Waals surface area contributed by atoms with Gasteiger partial charge in [-0.05, 0) is 18.7 Å². The average molecular weight is 326 g/mol. The van der Waals surface area contributed by atoms with E-state index in [4.69, 9.17) is 22.1 Å². The Morgan fingerprint density at radius 2 is 2.33 bits per heavy atom. The van der Waals surface area contributed by atoms with Crippen LogP contribution in [0, 0.1) is 0 Å². The van der Waals surface area contributed by atoms with E-state index in [9.17, 15) is 4.79 Å². The number of carbonyl (C=O) groups excluding carboxylic acids is 1. The van der Waals surface area contributed by atoms with Gasteiger partial charge in [0, 0.05) is 28.9 Å². The highest BCUT2D eigenvalue weighted by Crippen LogP contribution is 2.23. The van der Waals surface area contributed by atoms with Gasteiger partial charge in [0.1, 0.15) is 11.4 Å². The molecule has 1 aromatic carbocycles. The summed E-state index contributed by atoms with van der Waals surface area (Å²) in [6.45, 7) is 0.874. The van der Waals surface area contributed by atoms with Crippen LogP contribution in [0.5, 0.6) is 5.75 Å². The first-order valence-electron chi connectivity index (χ1n) is 6.39. The smallest absolute Gasteiger partial charge is 0.271 e. The number of carbonyl (C=O) groups is 1. The molecule has 1 heterocycles. The van der Waals surface area contributed by atoms with Gasteiger partial charge in [0.2, 0.25) is 0 Å². The topological polar surface area (TPSA) is 77.2 Å². The highest BCUT2D eigenvalue weighted by Gasteiger charge is 2.11. The van der Waals surface area contributed by atoms with Crippen molar-refractivity contribution in [3.8, 4) is 5.75 Å². The van der Waals surface area contributed by atoms with E-state index in [1.807, 2.05) is 6.07 Å². The first-order chi connectivity index (χ1) is 10.1. The molecule has 0 bridgehead atoms. The number of hydrogen-bond donors (Lipinski definition) is 2. The SMILES string of the molecule is COc1cc(Cl)ccc1CNC(=O)c1csc(CCN)n1. The molecular formula is C14H16ClN3O2S. The van der Waals surface area contributed by atoms with Crippen molar-refractivity contribution in [3.05, 3.63) is 44.9 Å². The summed E-state index contributed by atoms with van der Waals surface area (Å²) in [5.41, 5.74) is 6.73. The molecule has 0 aliphatic carbocycles. The van der Waals surface area contributed by atoms with Crippen molar-refractivity contribution in [2.45, 2.75) is 13.0 Å². The van der Waals surface area contributed by atoms with Gasteiger partial charge in [0.05, 0.1) is 12.1 Å². The van der Waals surface area contributed by atoms with Crippen molar-refractivity contribution >= 4 is 28.8 Å². The van der Waals surface area contributed by atoms with Crippen molar-refractivity contribution < 1.29 is 9.53 Å². The summed E-state index contributed by atoms with van der Waals surface area (Å²) >= 11 is 7.34. The summed E-state index contributed by atoms with van der Waals surface area (Å²) < 4.78 is 5.24. The van der Waals surface area contributed by atoms with E-state index in [0.717, 1.165) is 10.6 Å². The summed E-state index contributed by atoms with van der Waals surface area (Å²) in [7, 11) is 1.57. The molecule has 0 saturated heterocycles. The zero-order valence-corrected chi connectivity index (χ0v) is 13.1. The lowest BCUT2D eigenvalue weighted by atomic mass is 10.2. The number of rotatable bonds is 6. The summed E-state index contributed by atoms with van der Waals surface area (Å²) in [6, 6.07) is 5.29. The number of nitrogens with zero attached hydrogens (tertiary/aromatic N) is 1. The fourth-order valence-electron chi connectivity index (χ4n) is 1.78. The summed E-state index contributed by atoms with van der Waals surface area (Å²) in [6.07, 6.45) is 0.683. The number of halogens is 1. The van der Waals surface area contributed by atoms with E-state index in [2.05, 4.69) is 10.3 Å². The number of nitrogens with one attached hydrogen (secondary N) is 1. The van der Waals surface area contributed by atoms with Crippen LogP contribution in [-0.2, 0) is 13.0 Å². The predicted octanol–water partition coefficient (Wildman–Crippen LogP) is 2.24. The maximum atomic E-state index is 12.0. The summed E-state index contributed by atoms with van der Waals surface area (Å²) in [4.78, 5) is 16.3. The Kier molecular flexibility index (Phi) is 5.55. The van der Waals surface area contributed by atoms with E-state index in [1.165, 1.54) is 11.3 Å². The minimum Gasteiger partial charge on any atom is -0.496 e. The molecule has 2 aromatic rings. The largest absolute Gasteiger partial charge is 0.496 e. The Bertz CT molecular complexity index is 630. The predicted molar refractivity (Wildman–Crippen MR) is 84.0 cm³/mol. The zero-order chi connectivity index (χ0) is 15.2. The third-order valence-corrected chi connectivity index (χ3v) is 3.97. The van der Waals surface area contributed by atoms with Crippen LogP contribution >= 0.6 is 22.9 Å². The molecule has 0 radical (unpaired) electrons. The molecule has 0 fully saturated rings. The Morgan fingerprint density at radius 3 is 3.05 bits per heavy atom. The first kappa shape index (κ1) is 15.8. The number of thiazole rings is 1. The number of benzene rings is 1. The molecule has 5 nitrogen and oxygen atoms in total. The van der Waals surface area contributed by atoms with Gasteiger partial charge in [-0.25, -0.2) is 4.98 Å². The fraction of sp³-hybridized carbons (Fsp3) is 0.286. The fourth-order valence-corrected chi connectivity index (χ4v) is 2.74. The number of hydrogen-bond acceptors (Lipinski definition) is 5. The second-order valence-corrected chi connectivity index (χ2v) is 5.68. The monoisotopic (exact) mass is 325 g/mol. The number of methoxy groups -OCH3 is 1. The third kappa shape index (κ3) is 4.17. The van der Waals surface area contributed by atoms with Crippen LogP contribution < -0.4 is 15.8 Å². The van der Waals surface area contributed by atoms with Gasteiger partial charge >= 0.3 is 0 Å². The highest BCUT2D eigenvalue weighted by atomic mass is 35.5. The van der Waals surface area contributed by atoms with Gasteiger partial charge in [-0.3, -0.25) is 4.79 Å². The van der Waals surface area contributed by atoms with E-state index >= 15 is 0 Å². The van der Waals surface area contributed by atoms with Gasteiger partial charge in [-0.15, -0.1) is 11.3 Å². The minimum absolute atomic E-state index is 0.216. The second-order valence-electron chi connectivity index (χ2n) is 4.30. The molecule has 0 aliphatic heterocycles. The van der Waals surface area contributed by atoms with Crippen LogP contribution in [0.15, 0.2) is 23.6 Å². The molecular weight excluding hydrogens is 310 g/mol.